The van der Waals surface area contributed by atoms with E-state index in [1.807, 2.05) is 0 Å². The normalized spacial score (nSPS) is 17.8. The van der Waals surface area contributed by atoms with Gasteiger partial charge in [-0.2, -0.15) is 8.78 Å². The molecule has 0 amide bonds. The number of likely N-dealkylation sites (tertiary alicyclic amines) is 1. The lowest BCUT2D eigenvalue weighted by Crippen LogP contribution is -2.44. The fraction of sp³-hybridized carbons (Fsp3) is 0.391. The first-order chi connectivity index (χ1) is 15.3. The van der Waals surface area contributed by atoms with Gasteiger partial charge < -0.3 is 4.74 Å². The summed E-state index contributed by atoms with van der Waals surface area (Å²) in [5.41, 5.74) is 2.52. The summed E-state index contributed by atoms with van der Waals surface area (Å²) in [6.45, 7) is -0.688. The van der Waals surface area contributed by atoms with Crippen LogP contribution in [0.4, 0.5) is 13.2 Å². The number of sulfonamides is 1. The molecule has 0 bridgehead atoms. The largest absolute Gasteiger partial charge is 0.435 e. The van der Waals surface area contributed by atoms with Gasteiger partial charge in [0.2, 0.25) is 10.0 Å². The van der Waals surface area contributed by atoms with Crippen molar-refractivity contribution in [3.8, 4) is 5.75 Å². The van der Waals surface area contributed by atoms with Crippen LogP contribution in [0.1, 0.15) is 36.0 Å². The quantitative estimate of drug-likeness (QED) is 0.661. The maximum absolute atomic E-state index is 13.1. The lowest BCUT2D eigenvalue weighted by atomic mass is 9.97. The molecule has 0 aromatic heterocycles. The lowest BCUT2D eigenvalue weighted by Gasteiger charge is -2.32. The molecule has 0 saturated carbocycles. The molecule has 1 fully saturated rings. The van der Waals surface area contributed by atoms with Crippen LogP contribution in [-0.2, 0) is 23.0 Å². The fourth-order valence-electron chi connectivity index (χ4n) is 4.18. The molecule has 1 saturated heterocycles. The van der Waals surface area contributed by atoms with Crippen LogP contribution in [0.15, 0.2) is 47.4 Å². The van der Waals surface area contributed by atoms with Gasteiger partial charge in [-0.1, -0.05) is 18.2 Å². The first-order valence-electron chi connectivity index (χ1n) is 10.6. The van der Waals surface area contributed by atoms with E-state index in [4.69, 9.17) is 0 Å². The second kappa shape index (κ2) is 9.64. The molecular weight excluding hydrogens is 441 g/mol. The Bertz CT molecular complexity index is 1080. The molecule has 9 heteroatoms. The van der Waals surface area contributed by atoms with Crippen molar-refractivity contribution in [2.45, 2.75) is 44.9 Å². The number of fused-ring (bicyclic) bond motifs is 1. The lowest BCUT2D eigenvalue weighted by molar-refractivity contribution is -0.0498. The highest BCUT2D eigenvalue weighted by Gasteiger charge is 2.27. The van der Waals surface area contributed by atoms with Crippen molar-refractivity contribution in [2.75, 3.05) is 13.1 Å². The molecule has 32 heavy (non-hydrogen) atoms. The van der Waals surface area contributed by atoms with Crippen LogP contribution >= 0.6 is 0 Å². The summed E-state index contributed by atoms with van der Waals surface area (Å²) in [6, 6.07) is 10.8. The van der Waals surface area contributed by atoms with Crippen molar-refractivity contribution in [3.05, 3.63) is 69.9 Å². The summed E-state index contributed by atoms with van der Waals surface area (Å²) in [5, 5.41) is 0. The number of hydrogen-bond acceptors (Lipinski definition) is 4. The van der Waals surface area contributed by atoms with E-state index >= 15 is 0 Å². The molecule has 172 valence electrons. The minimum absolute atomic E-state index is 0.0731. The van der Waals surface area contributed by atoms with Gasteiger partial charge in [0.25, 0.3) is 0 Å². The Kier molecular flexibility index (Phi) is 6.88. The first-order valence-corrected chi connectivity index (χ1v) is 12.0. The number of nitrogens with zero attached hydrogens (tertiary/aromatic N) is 1. The third-order valence-electron chi connectivity index (χ3n) is 5.87. The summed E-state index contributed by atoms with van der Waals surface area (Å²) in [6.07, 6.45) is 3.75. The number of rotatable bonds is 7. The minimum atomic E-state index is -3.64. The maximum atomic E-state index is 13.1. The predicted molar refractivity (Wildman–Crippen MR) is 116 cm³/mol. The smallest absolute Gasteiger partial charge is 0.387 e. The van der Waals surface area contributed by atoms with Gasteiger partial charge in [0, 0.05) is 25.7 Å². The second-order valence-electron chi connectivity index (χ2n) is 8.15. The van der Waals surface area contributed by atoms with E-state index in [9.17, 15) is 21.6 Å². The second-order valence-corrected chi connectivity index (χ2v) is 9.91. The molecule has 2 aliphatic rings. The zero-order chi connectivity index (χ0) is 22.7. The molecule has 2 aromatic rings. The Labute approximate surface area is 185 Å². The minimum Gasteiger partial charge on any atom is -0.435 e. The average Bonchev–Trinajstić information content (AvgIpc) is 2.75. The molecule has 4 rings (SSSR count). The molecule has 0 atom stereocenters. The number of hydrogen-bond donors (Lipinski definition) is 1. The average molecular weight is 467 g/mol. The van der Waals surface area contributed by atoms with Crippen LogP contribution in [0.25, 0.3) is 6.08 Å². The molecular formula is C23H25F3N2O3S. The van der Waals surface area contributed by atoms with Gasteiger partial charge in [0.05, 0.1) is 4.91 Å². The highest BCUT2D eigenvalue weighted by molar-refractivity contribution is 7.93. The summed E-state index contributed by atoms with van der Waals surface area (Å²) < 4.78 is 71.0. The number of allylic oxidation sites excluding steroid dienone is 1. The molecule has 1 aliphatic heterocycles. The van der Waals surface area contributed by atoms with Crippen molar-refractivity contribution >= 4 is 16.1 Å². The van der Waals surface area contributed by atoms with Gasteiger partial charge in [0.15, 0.2) is 0 Å². The Morgan fingerprint density at radius 1 is 1.06 bits per heavy atom. The van der Waals surface area contributed by atoms with Gasteiger partial charge in [-0.15, -0.1) is 0 Å². The van der Waals surface area contributed by atoms with Gasteiger partial charge >= 0.3 is 6.61 Å². The van der Waals surface area contributed by atoms with Crippen LogP contribution in [0.3, 0.4) is 0 Å². The number of piperidine rings is 1. The summed E-state index contributed by atoms with van der Waals surface area (Å²) in [5.74, 6) is -0.188. The Morgan fingerprint density at radius 3 is 2.47 bits per heavy atom. The number of ether oxygens (including phenoxy) is 1. The standard InChI is InChI=1S/C23H25F3N2O3S/c24-19-5-1-16(2-6-19)15-28-11-9-20(10-12-28)27-32(29,30)22-8-4-17-13-21(31-23(25)26)7-3-18(17)14-22/h1-3,5-7,13-14,20,23,27H,4,8-12,15H2. The van der Waals surface area contributed by atoms with Crippen LogP contribution in [0, 0.1) is 5.82 Å². The fourth-order valence-corrected chi connectivity index (χ4v) is 5.66. The van der Waals surface area contributed by atoms with Crippen LogP contribution in [0.5, 0.6) is 5.75 Å². The Balaban J connectivity index is 1.34. The molecule has 0 unspecified atom stereocenters. The number of alkyl halides is 2. The van der Waals surface area contributed by atoms with E-state index < -0.39 is 16.6 Å². The monoisotopic (exact) mass is 466 g/mol. The number of nitrogens with one attached hydrogen (secondary N) is 1. The zero-order valence-corrected chi connectivity index (χ0v) is 18.3. The molecule has 0 radical (unpaired) electrons. The van der Waals surface area contributed by atoms with Gasteiger partial charge in [-0.3, -0.25) is 4.90 Å². The maximum Gasteiger partial charge on any atom is 0.387 e. The van der Waals surface area contributed by atoms with E-state index in [1.54, 1.807) is 24.3 Å². The third kappa shape index (κ3) is 5.70. The molecule has 0 spiro atoms. The molecule has 5 nitrogen and oxygen atoms in total. The highest BCUT2D eigenvalue weighted by atomic mass is 32.2. The topological polar surface area (TPSA) is 58.6 Å². The third-order valence-corrected chi connectivity index (χ3v) is 7.53. The van der Waals surface area contributed by atoms with Crippen molar-refractivity contribution in [1.29, 1.82) is 0 Å². The number of aryl methyl sites for hydroxylation is 1. The molecule has 1 N–H and O–H groups in total. The summed E-state index contributed by atoms with van der Waals surface area (Å²) in [4.78, 5) is 2.54. The number of halogens is 3. The van der Waals surface area contributed by atoms with E-state index in [1.165, 1.54) is 24.3 Å². The SMILES string of the molecule is O=S(=O)(NC1CCN(Cc2ccc(F)cc2)CC1)C1=Cc2ccc(OC(F)F)cc2CC1. The predicted octanol–water partition coefficient (Wildman–Crippen LogP) is 4.30. The highest BCUT2D eigenvalue weighted by Crippen LogP contribution is 2.30. The molecule has 1 aliphatic carbocycles. The van der Waals surface area contributed by atoms with Crippen molar-refractivity contribution in [1.82, 2.24) is 9.62 Å². The van der Waals surface area contributed by atoms with Gasteiger partial charge in [-0.05, 0) is 72.7 Å². The van der Waals surface area contributed by atoms with E-state index in [2.05, 4.69) is 14.4 Å². The summed E-state index contributed by atoms with van der Waals surface area (Å²) in [7, 11) is -3.64. The molecule has 2 aromatic carbocycles. The van der Waals surface area contributed by atoms with E-state index in [0.29, 0.717) is 42.7 Å². The van der Waals surface area contributed by atoms with Crippen molar-refractivity contribution in [2.24, 2.45) is 0 Å². The molecule has 1 heterocycles. The van der Waals surface area contributed by atoms with Gasteiger partial charge in [-0.25, -0.2) is 17.5 Å². The van der Waals surface area contributed by atoms with E-state index in [-0.39, 0.29) is 17.6 Å². The van der Waals surface area contributed by atoms with E-state index in [0.717, 1.165) is 24.2 Å². The zero-order valence-electron chi connectivity index (χ0n) is 17.4. The van der Waals surface area contributed by atoms with Crippen molar-refractivity contribution in [3.63, 3.8) is 0 Å². The van der Waals surface area contributed by atoms with Crippen LogP contribution < -0.4 is 9.46 Å². The van der Waals surface area contributed by atoms with Crippen LogP contribution in [0.2, 0.25) is 0 Å². The summed E-state index contributed by atoms with van der Waals surface area (Å²) >= 11 is 0. The number of benzene rings is 2. The van der Waals surface area contributed by atoms with Gasteiger partial charge in [0.1, 0.15) is 11.6 Å². The van der Waals surface area contributed by atoms with Crippen molar-refractivity contribution < 1.29 is 26.3 Å². The Morgan fingerprint density at radius 2 is 1.78 bits per heavy atom. The van der Waals surface area contributed by atoms with Crippen LogP contribution in [-0.4, -0.2) is 39.1 Å². The first kappa shape index (κ1) is 22.8. The Hall–Kier alpha value is -2.36.